The lowest BCUT2D eigenvalue weighted by molar-refractivity contribution is -0.117. The second-order valence-corrected chi connectivity index (χ2v) is 6.31. The highest BCUT2D eigenvalue weighted by molar-refractivity contribution is 6.02. The summed E-state index contributed by atoms with van der Waals surface area (Å²) in [4.78, 5) is 33.2. The number of amides is 1. The van der Waals surface area contributed by atoms with Crippen molar-refractivity contribution in [2.45, 2.75) is 33.2 Å². The van der Waals surface area contributed by atoms with Crippen molar-refractivity contribution >= 4 is 23.4 Å². The zero-order chi connectivity index (χ0) is 18.1. The Morgan fingerprint density at radius 1 is 1.20 bits per heavy atom. The Labute approximate surface area is 145 Å². The minimum Gasteiger partial charge on any atom is -0.476 e. The Kier molecular flexibility index (Phi) is 4.39. The molecule has 1 aromatic carbocycles. The molecule has 1 aromatic heterocycles. The summed E-state index contributed by atoms with van der Waals surface area (Å²) in [5.74, 6) is -0.755. The molecule has 2 N–H and O–H groups in total. The zero-order valence-corrected chi connectivity index (χ0v) is 14.4. The molecule has 1 aliphatic rings. The van der Waals surface area contributed by atoms with Crippen molar-refractivity contribution in [3.05, 3.63) is 46.9 Å². The SMILES string of the molecule is Cc1cc(C)c(N2CCC(Nc3cnc(C(=O)O)cn3)C2=O)c(C)c1. The van der Waals surface area contributed by atoms with E-state index in [1.165, 1.54) is 18.0 Å². The molecule has 0 bridgehead atoms. The van der Waals surface area contributed by atoms with E-state index in [2.05, 4.69) is 27.4 Å². The number of aromatic carboxylic acids is 1. The molecule has 1 atom stereocenters. The number of anilines is 2. The van der Waals surface area contributed by atoms with Crippen molar-refractivity contribution in [3.8, 4) is 0 Å². The van der Waals surface area contributed by atoms with Crippen LogP contribution in [0.4, 0.5) is 11.5 Å². The highest BCUT2D eigenvalue weighted by atomic mass is 16.4. The van der Waals surface area contributed by atoms with Crippen LogP contribution in [0.3, 0.4) is 0 Å². The van der Waals surface area contributed by atoms with Crippen LogP contribution in [0.1, 0.15) is 33.6 Å². The van der Waals surface area contributed by atoms with Crippen LogP contribution < -0.4 is 10.2 Å². The predicted octanol–water partition coefficient (Wildman–Crippen LogP) is 2.32. The molecular weight excluding hydrogens is 320 g/mol. The Morgan fingerprint density at radius 2 is 1.88 bits per heavy atom. The minimum atomic E-state index is -1.13. The van der Waals surface area contributed by atoms with Crippen LogP contribution in [-0.4, -0.2) is 39.5 Å². The van der Waals surface area contributed by atoms with E-state index in [-0.39, 0.29) is 11.6 Å². The van der Waals surface area contributed by atoms with Crippen LogP contribution in [0.5, 0.6) is 0 Å². The van der Waals surface area contributed by atoms with Crippen molar-refractivity contribution in [2.75, 3.05) is 16.8 Å². The third-order valence-electron chi connectivity index (χ3n) is 4.30. The number of carboxylic acids is 1. The summed E-state index contributed by atoms with van der Waals surface area (Å²) in [6, 6.07) is 3.75. The van der Waals surface area contributed by atoms with Gasteiger partial charge in [0.25, 0.3) is 0 Å². The number of carbonyl (C=O) groups is 2. The van der Waals surface area contributed by atoms with E-state index in [0.717, 1.165) is 16.8 Å². The highest BCUT2D eigenvalue weighted by Gasteiger charge is 2.34. The molecule has 0 saturated carbocycles. The molecule has 3 rings (SSSR count). The Hall–Kier alpha value is -2.96. The lowest BCUT2D eigenvalue weighted by Gasteiger charge is -2.22. The molecule has 130 valence electrons. The minimum absolute atomic E-state index is 0.0147. The van der Waals surface area contributed by atoms with E-state index in [4.69, 9.17) is 5.11 Å². The number of rotatable bonds is 4. The van der Waals surface area contributed by atoms with Gasteiger partial charge < -0.3 is 15.3 Å². The first-order valence-corrected chi connectivity index (χ1v) is 8.08. The van der Waals surface area contributed by atoms with Crippen molar-refractivity contribution in [1.29, 1.82) is 0 Å². The van der Waals surface area contributed by atoms with Gasteiger partial charge in [0.1, 0.15) is 11.9 Å². The highest BCUT2D eigenvalue weighted by Crippen LogP contribution is 2.30. The third-order valence-corrected chi connectivity index (χ3v) is 4.30. The van der Waals surface area contributed by atoms with Gasteiger partial charge >= 0.3 is 5.97 Å². The maximum atomic E-state index is 12.8. The summed E-state index contributed by atoms with van der Waals surface area (Å²) in [5, 5.41) is 11.9. The molecule has 7 heteroatoms. The van der Waals surface area contributed by atoms with E-state index in [1.807, 2.05) is 20.8 Å². The molecule has 1 aliphatic heterocycles. The lowest BCUT2D eigenvalue weighted by atomic mass is 10.0. The summed E-state index contributed by atoms with van der Waals surface area (Å²) in [5.41, 5.74) is 4.17. The third kappa shape index (κ3) is 3.31. The van der Waals surface area contributed by atoms with Crippen LogP contribution in [-0.2, 0) is 4.79 Å². The number of aryl methyl sites for hydroxylation is 3. The largest absolute Gasteiger partial charge is 0.476 e. The summed E-state index contributed by atoms with van der Waals surface area (Å²) >= 11 is 0. The van der Waals surface area contributed by atoms with Crippen molar-refractivity contribution in [3.63, 3.8) is 0 Å². The van der Waals surface area contributed by atoms with Gasteiger partial charge in [-0.2, -0.15) is 0 Å². The van der Waals surface area contributed by atoms with Gasteiger partial charge in [-0.3, -0.25) is 4.79 Å². The number of nitrogens with zero attached hydrogens (tertiary/aromatic N) is 3. The normalized spacial score (nSPS) is 17.0. The summed E-state index contributed by atoms with van der Waals surface area (Å²) < 4.78 is 0. The summed E-state index contributed by atoms with van der Waals surface area (Å²) in [7, 11) is 0. The number of nitrogens with one attached hydrogen (secondary N) is 1. The van der Waals surface area contributed by atoms with Crippen molar-refractivity contribution in [2.24, 2.45) is 0 Å². The molecule has 1 fully saturated rings. The van der Waals surface area contributed by atoms with Gasteiger partial charge in [-0.1, -0.05) is 17.7 Å². The second kappa shape index (κ2) is 6.51. The smallest absolute Gasteiger partial charge is 0.356 e. The molecular formula is C18H20N4O3. The Bertz CT molecular complexity index is 810. The molecule has 1 amide bonds. The van der Waals surface area contributed by atoms with E-state index in [1.54, 1.807) is 4.90 Å². The first-order valence-electron chi connectivity index (χ1n) is 8.08. The fraction of sp³-hybridized carbons (Fsp3) is 0.333. The molecule has 1 saturated heterocycles. The fourth-order valence-corrected chi connectivity index (χ4v) is 3.33. The fourth-order valence-electron chi connectivity index (χ4n) is 3.33. The zero-order valence-electron chi connectivity index (χ0n) is 14.4. The van der Waals surface area contributed by atoms with E-state index >= 15 is 0 Å². The van der Waals surface area contributed by atoms with Gasteiger partial charge in [0.2, 0.25) is 5.91 Å². The topological polar surface area (TPSA) is 95.4 Å². The number of benzene rings is 1. The van der Waals surface area contributed by atoms with Crippen LogP contribution in [0.15, 0.2) is 24.5 Å². The quantitative estimate of drug-likeness (QED) is 0.887. The number of hydrogen-bond donors (Lipinski definition) is 2. The molecule has 7 nitrogen and oxygen atoms in total. The van der Waals surface area contributed by atoms with Crippen LogP contribution in [0.25, 0.3) is 0 Å². The number of aromatic nitrogens is 2. The average Bonchev–Trinajstić information content (AvgIpc) is 2.88. The molecule has 2 heterocycles. The van der Waals surface area contributed by atoms with Crippen LogP contribution >= 0.6 is 0 Å². The van der Waals surface area contributed by atoms with Crippen LogP contribution in [0.2, 0.25) is 0 Å². The Balaban J connectivity index is 1.77. The molecule has 0 aliphatic carbocycles. The van der Waals surface area contributed by atoms with Crippen LogP contribution in [0, 0.1) is 20.8 Å². The van der Waals surface area contributed by atoms with Crippen molar-refractivity contribution in [1.82, 2.24) is 9.97 Å². The van der Waals surface area contributed by atoms with E-state index in [0.29, 0.717) is 18.8 Å². The monoisotopic (exact) mass is 340 g/mol. The molecule has 1 unspecified atom stereocenters. The maximum Gasteiger partial charge on any atom is 0.356 e. The van der Waals surface area contributed by atoms with Gasteiger partial charge in [0, 0.05) is 12.2 Å². The first-order chi connectivity index (χ1) is 11.9. The predicted molar refractivity (Wildman–Crippen MR) is 94.0 cm³/mol. The Morgan fingerprint density at radius 3 is 2.44 bits per heavy atom. The van der Waals surface area contributed by atoms with Gasteiger partial charge in [-0.05, 0) is 38.3 Å². The van der Waals surface area contributed by atoms with Gasteiger partial charge in [-0.15, -0.1) is 0 Å². The first kappa shape index (κ1) is 16.9. The van der Waals surface area contributed by atoms with Crippen molar-refractivity contribution < 1.29 is 14.7 Å². The van der Waals surface area contributed by atoms with Gasteiger partial charge in [0.15, 0.2) is 5.69 Å². The van der Waals surface area contributed by atoms with Gasteiger partial charge in [0.05, 0.1) is 12.4 Å². The number of carboxylic acid groups (broad SMARTS) is 1. The van der Waals surface area contributed by atoms with Gasteiger partial charge in [-0.25, -0.2) is 14.8 Å². The van der Waals surface area contributed by atoms with E-state index in [9.17, 15) is 9.59 Å². The number of hydrogen-bond acceptors (Lipinski definition) is 5. The molecule has 2 aromatic rings. The maximum absolute atomic E-state index is 12.8. The summed E-state index contributed by atoms with van der Waals surface area (Å²) in [6.07, 6.45) is 3.16. The number of carbonyl (C=O) groups excluding carboxylic acids is 1. The summed E-state index contributed by atoms with van der Waals surface area (Å²) in [6.45, 7) is 6.69. The lowest BCUT2D eigenvalue weighted by Crippen LogP contribution is -2.34. The molecule has 25 heavy (non-hydrogen) atoms. The molecule has 0 spiro atoms. The van der Waals surface area contributed by atoms with E-state index < -0.39 is 12.0 Å². The molecule has 0 radical (unpaired) electrons. The second-order valence-electron chi connectivity index (χ2n) is 6.31. The standard InChI is InChI=1S/C18H20N4O3/c1-10-6-11(2)16(12(3)7-10)22-5-4-13(17(22)23)21-15-9-19-14(8-20-15)18(24)25/h6-9,13H,4-5H2,1-3H3,(H,20,21)(H,24,25). The average molecular weight is 340 g/mol.